The van der Waals surface area contributed by atoms with Gasteiger partial charge in [-0.25, -0.2) is 4.39 Å². The van der Waals surface area contributed by atoms with Crippen molar-refractivity contribution < 1.29 is 13.6 Å². The maximum atomic E-state index is 12.9. The summed E-state index contributed by atoms with van der Waals surface area (Å²) < 4.78 is 18.6. The van der Waals surface area contributed by atoms with E-state index >= 15 is 0 Å². The highest BCUT2D eigenvalue weighted by atomic mass is 19.1. The SMILES string of the molecule is CN(Cc1cc2ccccc2o1)C(=O)Cc1ccc(F)cc1. The van der Waals surface area contributed by atoms with E-state index in [9.17, 15) is 9.18 Å². The number of carbonyl (C=O) groups is 1. The molecule has 0 spiro atoms. The third-order valence-corrected chi connectivity index (χ3v) is 3.56. The molecule has 1 heterocycles. The molecule has 4 heteroatoms. The topological polar surface area (TPSA) is 33.5 Å². The van der Waals surface area contributed by atoms with E-state index in [0.29, 0.717) is 6.54 Å². The van der Waals surface area contributed by atoms with Crippen LogP contribution < -0.4 is 0 Å². The molecule has 3 aromatic rings. The second-order valence-electron chi connectivity index (χ2n) is 5.30. The van der Waals surface area contributed by atoms with Crippen molar-refractivity contribution in [2.75, 3.05) is 7.05 Å². The number of benzene rings is 2. The van der Waals surface area contributed by atoms with Crippen LogP contribution in [0.3, 0.4) is 0 Å². The van der Waals surface area contributed by atoms with Crippen LogP contribution in [-0.4, -0.2) is 17.9 Å². The molecule has 0 bridgehead atoms. The Morgan fingerprint density at radius 1 is 1.14 bits per heavy atom. The average molecular weight is 297 g/mol. The van der Waals surface area contributed by atoms with Gasteiger partial charge in [0.05, 0.1) is 13.0 Å². The fourth-order valence-electron chi connectivity index (χ4n) is 2.35. The summed E-state index contributed by atoms with van der Waals surface area (Å²) in [7, 11) is 1.74. The summed E-state index contributed by atoms with van der Waals surface area (Å²) in [6, 6.07) is 15.7. The lowest BCUT2D eigenvalue weighted by Crippen LogP contribution is -2.27. The normalized spacial score (nSPS) is 10.8. The van der Waals surface area contributed by atoms with E-state index in [1.807, 2.05) is 30.3 Å². The van der Waals surface area contributed by atoms with E-state index in [-0.39, 0.29) is 18.1 Å². The van der Waals surface area contributed by atoms with Crippen LogP contribution in [0.2, 0.25) is 0 Å². The Hall–Kier alpha value is -2.62. The van der Waals surface area contributed by atoms with E-state index in [1.165, 1.54) is 12.1 Å². The number of nitrogens with zero attached hydrogens (tertiary/aromatic N) is 1. The van der Waals surface area contributed by atoms with Gasteiger partial charge >= 0.3 is 0 Å². The summed E-state index contributed by atoms with van der Waals surface area (Å²) in [4.78, 5) is 13.8. The van der Waals surface area contributed by atoms with E-state index in [0.717, 1.165) is 22.3 Å². The van der Waals surface area contributed by atoms with E-state index < -0.39 is 0 Å². The highest BCUT2D eigenvalue weighted by Crippen LogP contribution is 2.20. The third kappa shape index (κ3) is 3.17. The first-order chi connectivity index (χ1) is 10.6. The van der Waals surface area contributed by atoms with Crippen molar-refractivity contribution in [2.24, 2.45) is 0 Å². The fraction of sp³-hybridized carbons (Fsp3) is 0.167. The molecule has 0 aliphatic heterocycles. The number of carbonyl (C=O) groups excluding carboxylic acids is 1. The zero-order chi connectivity index (χ0) is 15.5. The Bertz CT molecular complexity index is 759. The van der Waals surface area contributed by atoms with Crippen molar-refractivity contribution >= 4 is 16.9 Å². The molecule has 1 amide bonds. The first kappa shape index (κ1) is 14.3. The second-order valence-corrected chi connectivity index (χ2v) is 5.30. The van der Waals surface area contributed by atoms with Crippen LogP contribution in [0.25, 0.3) is 11.0 Å². The predicted octanol–water partition coefficient (Wildman–Crippen LogP) is 3.77. The Morgan fingerprint density at radius 3 is 2.59 bits per heavy atom. The lowest BCUT2D eigenvalue weighted by atomic mass is 10.1. The highest BCUT2D eigenvalue weighted by molar-refractivity contribution is 5.79. The minimum absolute atomic E-state index is 0.0351. The standard InChI is InChI=1S/C18H16FNO2/c1-20(18(21)10-13-6-8-15(19)9-7-13)12-16-11-14-4-2-3-5-17(14)22-16/h2-9,11H,10,12H2,1H3. The molecule has 22 heavy (non-hydrogen) atoms. The fourth-order valence-corrected chi connectivity index (χ4v) is 2.35. The molecule has 0 N–H and O–H groups in total. The monoisotopic (exact) mass is 297 g/mol. The molecule has 0 unspecified atom stereocenters. The van der Waals surface area contributed by atoms with Crippen LogP contribution >= 0.6 is 0 Å². The minimum Gasteiger partial charge on any atom is -0.459 e. The summed E-state index contributed by atoms with van der Waals surface area (Å²) in [6.45, 7) is 0.411. The zero-order valence-corrected chi connectivity index (χ0v) is 12.3. The lowest BCUT2D eigenvalue weighted by molar-refractivity contribution is -0.129. The van der Waals surface area contributed by atoms with Gasteiger partial charge in [-0.3, -0.25) is 4.79 Å². The van der Waals surface area contributed by atoms with Crippen LogP contribution in [0, 0.1) is 5.82 Å². The van der Waals surface area contributed by atoms with Gasteiger partial charge < -0.3 is 9.32 Å². The molecule has 112 valence electrons. The number of para-hydroxylation sites is 1. The molecule has 3 rings (SSSR count). The van der Waals surface area contributed by atoms with Crippen LogP contribution in [-0.2, 0) is 17.8 Å². The largest absolute Gasteiger partial charge is 0.459 e. The van der Waals surface area contributed by atoms with Crippen LogP contribution in [0.4, 0.5) is 4.39 Å². The number of hydrogen-bond acceptors (Lipinski definition) is 2. The van der Waals surface area contributed by atoms with Gasteiger partial charge in [-0.1, -0.05) is 30.3 Å². The molecule has 0 aliphatic carbocycles. The molecule has 1 aromatic heterocycles. The summed E-state index contributed by atoms with van der Waals surface area (Å²) in [6.07, 6.45) is 0.247. The zero-order valence-electron chi connectivity index (χ0n) is 12.3. The van der Waals surface area contributed by atoms with Gasteiger partial charge in [0.2, 0.25) is 5.91 Å². The number of fused-ring (bicyclic) bond motifs is 1. The van der Waals surface area contributed by atoms with E-state index in [4.69, 9.17) is 4.42 Å². The van der Waals surface area contributed by atoms with E-state index in [1.54, 1.807) is 24.1 Å². The van der Waals surface area contributed by atoms with Gasteiger partial charge in [0, 0.05) is 12.4 Å². The highest BCUT2D eigenvalue weighted by Gasteiger charge is 2.13. The number of likely N-dealkylation sites (N-methyl/N-ethyl adjacent to an activating group) is 1. The number of rotatable bonds is 4. The van der Waals surface area contributed by atoms with Gasteiger partial charge in [0.1, 0.15) is 17.2 Å². The number of furan rings is 1. The Kier molecular flexibility index (Phi) is 3.92. The van der Waals surface area contributed by atoms with Gasteiger partial charge in [-0.2, -0.15) is 0 Å². The number of amides is 1. The van der Waals surface area contributed by atoms with Gasteiger partial charge in [-0.05, 0) is 29.8 Å². The molecular formula is C18H16FNO2. The van der Waals surface area contributed by atoms with Crippen molar-refractivity contribution in [2.45, 2.75) is 13.0 Å². The van der Waals surface area contributed by atoms with Crippen LogP contribution in [0.15, 0.2) is 59.0 Å². The second kappa shape index (κ2) is 6.02. The Labute approximate surface area is 128 Å². The smallest absolute Gasteiger partial charge is 0.227 e. The van der Waals surface area contributed by atoms with Gasteiger partial charge in [-0.15, -0.1) is 0 Å². The summed E-state index contributed by atoms with van der Waals surface area (Å²) >= 11 is 0. The van der Waals surface area contributed by atoms with Crippen molar-refractivity contribution in [1.29, 1.82) is 0 Å². The molecule has 0 saturated carbocycles. The first-order valence-corrected chi connectivity index (χ1v) is 7.08. The number of hydrogen-bond donors (Lipinski definition) is 0. The summed E-state index contributed by atoms with van der Waals surface area (Å²) in [5.41, 5.74) is 1.61. The molecule has 0 radical (unpaired) electrons. The van der Waals surface area contributed by atoms with Crippen LogP contribution in [0.5, 0.6) is 0 Å². The van der Waals surface area contributed by atoms with Crippen molar-refractivity contribution in [3.63, 3.8) is 0 Å². The predicted molar refractivity (Wildman–Crippen MR) is 82.8 cm³/mol. The van der Waals surface area contributed by atoms with Crippen molar-refractivity contribution in [3.8, 4) is 0 Å². The van der Waals surface area contributed by atoms with Crippen molar-refractivity contribution in [1.82, 2.24) is 4.90 Å². The molecule has 0 fully saturated rings. The summed E-state index contributed by atoms with van der Waals surface area (Å²) in [5.74, 6) is 0.412. The third-order valence-electron chi connectivity index (χ3n) is 3.56. The Balaban J connectivity index is 1.66. The van der Waals surface area contributed by atoms with Crippen LogP contribution in [0.1, 0.15) is 11.3 Å². The average Bonchev–Trinajstić information content (AvgIpc) is 2.91. The summed E-state index contributed by atoms with van der Waals surface area (Å²) in [5, 5.41) is 1.02. The van der Waals surface area contributed by atoms with Crippen molar-refractivity contribution in [3.05, 3.63) is 71.7 Å². The molecular weight excluding hydrogens is 281 g/mol. The molecule has 0 aliphatic rings. The minimum atomic E-state index is -0.299. The molecule has 0 atom stereocenters. The molecule has 2 aromatic carbocycles. The maximum Gasteiger partial charge on any atom is 0.227 e. The molecule has 0 saturated heterocycles. The van der Waals surface area contributed by atoms with E-state index in [2.05, 4.69) is 0 Å². The van der Waals surface area contributed by atoms with Gasteiger partial charge in [0.15, 0.2) is 0 Å². The quantitative estimate of drug-likeness (QED) is 0.734. The molecule has 3 nitrogen and oxygen atoms in total. The first-order valence-electron chi connectivity index (χ1n) is 7.08. The Morgan fingerprint density at radius 2 is 1.86 bits per heavy atom. The maximum absolute atomic E-state index is 12.9. The number of halogens is 1. The van der Waals surface area contributed by atoms with Gasteiger partial charge in [0.25, 0.3) is 0 Å². The lowest BCUT2D eigenvalue weighted by Gasteiger charge is -2.15.